The summed E-state index contributed by atoms with van der Waals surface area (Å²) >= 11 is 0. The molecule has 1 aliphatic heterocycles. The van der Waals surface area contributed by atoms with Crippen molar-refractivity contribution in [1.82, 2.24) is 0 Å². The molecule has 2 N–H and O–H groups in total. The van der Waals surface area contributed by atoms with Gasteiger partial charge in [0, 0.05) is 23.7 Å². The summed E-state index contributed by atoms with van der Waals surface area (Å²) in [6, 6.07) is 14.5. The first-order valence-corrected chi connectivity index (χ1v) is 11.4. The second-order valence-electron chi connectivity index (χ2n) is 9.46. The number of aliphatic hydroxyl groups is 1. The van der Waals surface area contributed by atoms with Gasteiger partial charge in [0.05, 0.1) is 0 Å². The van der Waals surface area contributed by atoms with Crippen molar-refractivity contribution < 1.29 is 14.9 Å². The Balaban J connectivity index is 1.59. The van der Waals surface area contributed by atoms with Crippen LogP contribution in [0.25, 0.3) is 5.57 Å². The minimum absolute atomic E-state index is 0.129. The molecule has 2 aromatic rings. The van der Waals surface area contributed by atoms with Crippen LogP contribution in [0.3, 0.4) is 0 Å². The largest absolute Gasteiger partial charge is 0.508 e. The van der Waals surface area contributed by atoms with E-state index >= 15 is 0 Å². The third-order valence-electron chi connectivity index (χ3n) is 6.92. The molecule has 2 atom stereocenters. The summed E-state index contributed by atoms with van der Waals surface area (Å²) in [6.07, 6.45) is 6.21. The molecule has 1 aliphatic carbocycles. The smallest absolute Gasteiger partial charge is 0.128 e. The standard InChI is InChI=1S/C27H34O3/c1-18(9-7-12-19-10-5-4-6-11-19)21-16-25-22(15-24(21)29)26-20(17-28)13-8-14-23(26)27(2,3)30-25/h4-6,10-11,15-16,18,20,28-29H,7-9,12-14,17H2,1-3H3. The van der Waals surface area contributed by atoms with Crippen molar-refractivity contribution in [3.05, 3.63) is 64.7 Å². The number of phenolic OH excluding ortho intramolecular Hbond substituents is 1. The Hall–Kier alpha value is -2.26. The van der Waals surface area contributed by atoms with Crippen LogP contribution in [0.5, 0.6) is 11.5 Å². The molecule has 0 fully saturated rings. The minimum atomic E-state index is -0.374. The van der Waals surface area contributed by atoms with E-state index in [4.69, 9.17) is 4.74 Å². The fourth-order valence-corrected chi connectivity index (χ4v) is 5.26. The number of aliphatic hydroxyl groups excluding tert-OH is 1. The zero-order valence-corrected chi connectivity index (χ0v) is 18.4. The van der Waals surface area contributed by atoms with Crippen LogP contribution in [0.1, 0.15) is 75.5 Å². The van der Waals surface area contributed by atoms with Gasteiger partial charge < -0.3 is 14.9 Å². The Labute approximate surface area is 180 Å². The van der Waals surface area contributed by atoms with Gasteiger partial charge in [-0.25, -0.2) is 0 Å². The normalized spacial score (nSPS) is 20.9. The lowest BCUT2D eigenvalue weighted by molar-refractivity contribution is 0.132. The zero-order chi connectivity index (χ0) is 21.3. The van der Waals surface area contributed by atoms with E-state index in [2.05, 4.69) is 45.0 Å². The number of phenols is 1. The molecule has 3 heteroatoms. The zero-order valence-electron chi connectivity index (χ0n) is 18.4. The Kier molecular flexibility index (Phi) is 5.92. The molecule has 0 saturated heterocycles. The first-order chi connectivity index (χ1) is 14.4. The lowest BCUT2D eigenvalue weighted by Crippen LogP contribution is -2.38. The van der Waals surface area contributed by atoms with Crippen LogP contribution < -0.4 is 4.74 Å². The van der Waals surface area contributed by atoms with E-state index in [1.807, 2.05) is 18.2 Å². The summed E-state index contributed by atoms with van der Waals surface area (Å²) in [7, 11) is 0. The van der Waals surface area contributed by atoms with Gasteiger partial charge in [0.2, 0.25) is 0 Å². The molecule has 2 aliphatic rings. The lowest BCUT2D eigenvalue weighted by Gasteiger charge is -2.42. The molecule has 0 amide bonds. The van der Waals surface area contributed by atoms with E-state index in [0.717, 1.165) is 55.4 Å². The molecular formula is C27H34O3. The molecule has 1 heterocycles. The second kappa shape index (κ2) is 8.47. The number of hydrogen-bond donors (Lipinski definition) is 2. The van der Waals surface area contributed by atoms with Gasteiger partial charge in [-0.2, -0.15) is 0 Å². The summed E-state index contributed by atoms with van der Waals surface area (Å²) in [4.78, 5) is 0. The first-order valence-electron chi connectivity index (χ1n) is 11.4. The molecule has 3 nitrogen and oxygen atoms in total. The fraction of sp³-hybridized carbons (Fsp3) is 0.481. The van der Waals surface area contributed by atoms with Crippen LogP contribution in [0.15, 0.2) is 48.0 Å². The molecule has 0 radical (unpaired) electrons. The topological polar surface area (TPSA) is 49.7 Å². The third kappa shape index (κ3) is 4.00. The highest BCUT2D eigenvalue weighted by molar-refractivity contribution is 5.80. The van der Waals surface area contributed by atoms with Crippen LogP contribution in [0.2, 0.25) is 0 Å². The number of aromatic hydroxyl groups is 1. The van der Waals surface area contributed by atoms with Crippen molar-refractivity contribution in [3.63, 3.8) is 0 Å². The maximum atomic E-state index is 10.9. The van der Waals surface area contributed by atoms with Crippen LogP contribution in [-0.2, 0) is 6.42 Å². The summed E-state index contributed by atoms with van der Waals surface area (Å²) in [5.74, 6) is 1.57. The van der Waals surface area contributed by atoms with Gasteiger partial charge in [-0.1, -0.05) is 37.3 Å². The Morgan fingerprint density at radius 2 is 1.93 bits per heavy atom. The van der Waals surface area contributed by atoms with Crippen molar-refractivity contribution in [1.29, 1.82) is 0 Å². The maximum Gasteiger partial charge on any atom is 0.128 e. The molecule has 0 spiro atoms. The van der Waals surface area contributed by atoms with Gasteiger partial charge in [0.1, 0.15) is 17.1 Å². The van der Waals surface area contributed by atoms with Crippen LogP contribution in [0.4, 0.5) is 0 Å². The SMILES string of the molecule is CC(CCCc1ccccc1)c1cc2c(cc1O)C1=C(CCCC1CO)C(C)(C)O2. The summed E-state index contributed by atoms with van der Waals surface area (Å²) in [6.45, 7) is 6.58. The summed E-state index contributed by atoms with van der Waals surface area (Å²) in [5.41, 5.74) is 5.40. The third-order valence-corrected chi connectivity index (χ3v) is 6.92. The van der Waals surface area contributed by atoms with Gasteiger partial charge in [-0.05, 0) is 87.1 Å². The number of benzene rings is 2. The Morgan fingerprint density at radius 1 is 1.17 bits per heavy atom. The van der Waals surface area contributed by atoms with Crippen molar-refractivity contribution in [3.8, 4) is 11.5 Å². The molecule has 4 rings (SSSR count). The first kappa shape index (κ1) is 21.0. The molecule has 0 saturated carbocycles. The van der Waals surface area contributed by atoms with Crippen LogP contribution in [-0.4, -0.2) is 22.4 Å². The number of fused-ring (bicyclic) bond motifs is 2. The van der Waals surface area contributed by atoms with Crippen molar-refractivity contribution in [2.24, 2.45) is 5.92 Å². The quantitative estimate of drug-likeness (QED) is 0.597. The number of aryl methyl sites for hydroxylation is 1. The van der Waals surface area contributed by atoms with Crippen LogP contribution in [0, 0.1) is 5.92 Å². The number of ether oxygens (including phenoxy) is 1. The molecule has 0 aromatic heterocycles. The minimum Gasteiger partial charge on any atom is -0.508 e. The highest BCUT2D eigenvalue weighted by atomic mass is 16.5. The Morgan fingerprint density at radius 3 is 2.67 bits per heavy atom. The fourth-order valence-electron chi connectivity index (χ4n) is 5.26. The van der Waals surface area contributed by atoms with Crippen molar-refractivity contribution >= 4 is 5.57 Å². The molecule has 2 unspecified atom stereocenters. The average Bonchev–Trinajstić information content (AvgIpc) is 2.74. The predicted octanol–water partition coefficient (Wildman–Crippen LogP) is 6.24. The van der Waals surface area contributed by atoms with Gasteiger partial charge in [0.15, 0.2) is 0 Å². The van der Waals surface area contributed by atoms with Crippen molar-refractivity contribution in [2.75, 3.05) is 6.61 Å². The van der Waals surface area contributed by atoms with E-state index in [1.165, 1.54) is 16.7 Å². The van der Waals surface area contributed by atoms with Gasteiger partial charge in [-0.15, -0.1) is 0 Å². The van der Waals surface area contributed by atoms with Crippen molar-refractivity contribution in [2.45, 2.75) is 70.8 Å². The Bertz CT molecular complexity index is 927. The molecule has 30 heavy (non-hydrogen) atoms. The van der Waals surface area contributed by atoms with Gasteiger partial charge in [0.25, 0.3) is 0 Å². The predicted molar refractivity (Wildman–Crippen MR) is 122 cm³/mol. The maximum absolute atomic E-state index is 10.9. The van der Waals surface area contributed by atoms with Gasteiger partial charge in [-0.3, -0.25) is 0 Å². The monoisotopic (exact) mass is 406 g/mol. The molecular weight excluding hydrogens is 372 g/mol. The lowest BCUT2D eigenvalue weighted by atomic mass is 9.72. The number of hydrogen-bond acceptors (Lipinski definition) is 3. The molecule has 0 bridgehead atoms. The number of rotatable bonds is 6. The van der Waals surface area contributed by atoms with E-state index in [9.17, 15) is 10.2 Å². The highest BCUT2D eigenvalue weighted by Gasteiger charge is 2.39. The van der Waals surface area contributed by atoms with E-state index in [1.54, 1.807) is 0 Å². The van der Waals surface area contributed by atoms with E-state index in [-0.39, 0.29) is 24.0 Å². The summed E-state index contributed by atoms with van der Waals surface area (Å²) < 4.78 is 6.45. The average molecular weight is 407 g/mol. The highest BCUT2D eigenvalue weighted by Crippen LogP contribution is 2.51. The molecule has 2 aromatic carbocycles. The second-order valence-corrected chi connectivity index (χ2v) is 9.46. The van der Waals surface area contributed by atoms with E-state index in [0.29, 0.717) is 5.75 Å². The van der Waals surface area contributed by atoms with Crippen LogP contribution >= 0.6 is 0 Å². The van der Waals surface area contributed by atoms with E-state index < -0.39 is 0 Å². The summed E-state index contributed by atoms with van der Waals surface area (Å²) in [5, 5.41) is 20.9. The van der Waals surface area contributed by atoms with Gasteiger partial charge >= 0.3 is 0 Å². The molecule has 160 valence electrons.